The fourth-order valence-electron chi connectivity index (χ4n) is 4.16. The summed E-state index contributed by atoms with van der Waals surface area (Å²) < 4.78 is 58.1. The Hall–Kier alpha value is -3.32. The predicted molar refractivity (Wildman–Crippen MR) is 176 cm³/mol. The monoisotopic (exact) mass is 630 g/mol. The van der Waals surface area contributed by atoms with Crippen molar-refractivity contribution in [3.8, 4) is 0 Å². The summed E-state index contributed by atoms with van der Waals surface area (Å²) in [6.07, 6.45) is 3.26. The third-order valence-corrected chi connectivity index (χ3v) is 9.69. The largest absolute Gasteiger partial charge is 0.386 e. The molecule has 2 aromatic rings. The van der Waals surface area contributed by atoms with Gasteiger partial charge in [-0.1, -0.05) is 75.7 Å². The molecule has 236 valence electrons. The van der Waals surface area contributed by atoms with Gasteiger partial charge in [0, 0.05) is 12.7 Å². The fourth-order valence-corrected chi connectivity index (χ4v) is 6.86. The molecule has 0 aromatic heterocycles. The minimum absolute atomic E-state index is 0.102. The molecule has 3 atom stereocenters. The number of allylic oxidation sites excluding steroid dienone is 2. The molecule has 12 heteroatoms. The summed E-state index contributed by atoms with van der Waals surface area (Å²) in [6.45, 7) is 16.8. The topological polar surface area (TPSA) is 155 Å². The summed E-state index contributed by atoms with van der Waals surface area (Å²) in [5, 5.41) is 3.23. The SMILES string of the molecule is C=C/C=C(\NC(=NC)C(NS(=O)(=O)c1ccc(C)cc1)C(C)C)[C@@H](C)N=C(N)C(NS(=O)(=O)c1ccc(C)cc1)C(C)C. The second-order valence-electron chi connectivity index (χ2n) is 11.1. The van der Waals surface area contributed by atoms with E-state index in [0.717, 1.165) is 11.1 Å². The number of sulfonamides is 2. The lowest BCUT2D eigenvalue weighted by Gasteiger charge is -2.27. The van der Waals surface area contributed by atoms with Crippen molar-refractivity contribution in [1.29, 1.82) is 0 Å². The second-order valence-corrected chi connectivity index (χ2v) is 14.6. The van der Waals surface area contributed by atoms with Gasteiger partial charge in [0.15, 0.2) is 0 Å². The van der Waals surface area contributed by atoms with Crippen LogP contribution in [0.2, 0.25) is 0 Å². The van der Waals surface area contributed by atoms with E-state index in [1.54, 1.807) is 74.7 Å². The van der Waals surface area contributed by atoms with Crippen LogP contribution >= 0.6 is 0 Å². The highest BCUT2D eigenvalue weighted by atomic mass is 32.2. The number of aryl methyl sites for hydroxylation is 2. The van der Waals surface area contributed by atoms with Crippen LogP contribution in [0.25, 0.3) is 0 Å². The molecular formula is C31H46N6O4S2. The van der Waals surface area contributed by atoms with Gasteiger partial charge >= 0.3 is 0 Å². The van der Waals surface area contributed by atoms with E-state index in [1.165, 1.54) is 0 Å². The molecule has 5 N–H and O–H groups in total. The average molecular weight is 631 g/mol. The first-order chi connectivity index (χ1) is 20.0. The summed E-state index contributed by atoms with van der Waals surface area (Å²) in [5.41, 5.74) is 8.85. The molecule has 0 spiro atoms. The first-order valence-electron chi connectivity index (χ1n) is 14.1. The van der Waals surface area contributed by atoms with Gasteiger partial charge in [-0.05, 0) is 62.9 Å². The van der Waals surface area contributed by atoms with Crippen LogP contribution < -0.4 is 20.5 Å². The molecule has 2 aromatic carbocycles. The van der Waals surface area contributed by atoms with Crippen LogP contribution in [0, 0.1) is 25.7 Å². The summed E-state index contributed by atoms with van der Waals surface area (Å²) in [4.78, 5) is 9.28. The van der Waals surface area contributed by atoms with E-state index < -0.39 is 38.2 Å². The van der Waals surface area contributed by atoms with Crippen LogP contribution in [-0.4, -0.2) is 53.7 Å². The molecule has 43 heavy (non-hydrogen) atoms. The molecule has 0 heterocycles. The lowest BCUT2D eigenvalue weighted by atomic mass is 10.0. The van der Waals surface area contributed by atoms with Crippen LogP contribution in [0.15, 0.2) is 92.7 Å². The van der Waals surface area contributed by atoms with Gasteiger partial charge in [-0.3, -0.25) is 9.98 Å². The summed E-state index contributed by atoms with van der Waals surface area (Å²) in [6, 6.07) is 11.1. The molecule has 0 radical (unpaired) electrons. The second kappa shape index (κ2) is 15.4. The maximum atomic E-state index is 13.2. The summed E-state index contributed by atoms with van der Waals surface area (Å²) in [7, 11) is -6.14. The first kappa shape index (κ1) is 35.9. The van der Waals surface area contributed by atoms with Gasteiger partial charge in [-0.2, -0.15) is 0 Å². The van der Waals surface area contributed by atoms with Crippen LogP contribution in [0.4, 0.5) is 0 Å². The highest BCUT2D eigenvalue weighted by Crippen LogP contribution is 2.17. The van der Waals surface area contributed by atoms with E-state index in [-0.39, 0.29) is 27.5 Å². The van der Waals surface area contributed by atoms with Gasteiger partial charge in [0.25, 0.3) is 0 Å². The van der Waals surface area contributed by atoms with Crippen LogP contribution in [0.1, 0.15) is 45.7 Å². The Bertz CT molecular complexity index is 1540. The molecule has 0 bridgehead atoms. The zero-order chi connectivity index (χ0) is 32.5. The van der Waals surface area contributed by atoms with Gasteiger partial charge in [0.2, 0.25) is 20.0 Å². The third kappa shape index (κ3) is 10.1. The number of nitrogens with zero attached hydrogens (tertiary/aromatic N) is 2. The Kier molecular flexibility index (Phi) is 12.9. The molecule has 0 aliphatic carbocycles. The van der Waals surface area contributed by atoms with Gasteiger partial charge in [-0.25, -0.2) is 26.3 Å². The van der Waals surface area contributed by atoms with E-state index in [9.17, 15) is 16.8 Å². The van der Waals surface area contributed by atoms with E-state index in [1.807, 2.05) is 41.5 Å². The predicted octanol–water partition coefficient (Wildman–Crippen LogP) is 4.04. The summed E-state index contributed by atoms with van der Waals surface area (Å²) >= 11 is 0. The van der Waals surface area contributed by atoms with Gasteiger partial charge < -0.3 is 11.1 Å². The van der Waals surface area contributed by atoms with Gasteiger partial charge in [0.05, 0.1) is 27.9 Å². The molecule has 2 rings (SSSR count). The minimum Gasteiger partial charge on any atom is -0.386 e. The van der Waals surface area contributed by atoms with Crippen molar-refractivity contribution in [2.45, 2.75) is 76.4 Å². The Morgan fingerprint density at radius 1 is 0.791 bits per heavy atom. The Labute approximate surface area is 257 Å². The maximum absolute atomic E-state index is 13.2. The van der Waals surface area contributed by atoms with E-state index in [2.05, 4.69) is 31.3 Å². The molecular weight excluding hydrogens is 585 g/mol. The van der Waals surface area contributed by atoms with Crippen LogP contribution in [0.3, 0.4) is 0 Å². The Morgan fingerprint density at radius 3 is 1.58 bits per heavy atom. The third-order valence-electron chi connectivity index (χ3n) is 6.78. The number of aliphatic imine (C=N–C) groups is 2. The van der Waals surface area contributed by atoms with Crippen molar-refractivity contribution >= 4 is 31.7 Å². The lowest BCUT2D eigenvalue weighted by Crippen LogP contribution is -2.50. The smallest absolute Gasteiger partial charge is 0.241 e. The quantitative estimate of drug-likeness (QED) is 0.140. The van der Waals surface area contributed by atoms with Crippen molar-refractivity contribution in [3.63, 3.8) is 0 Å². The molecule has 10 nitrogen and oxygen atoms in total. The molecule has 0 saturated carbocycles. The van der Waals surface area contributed by atoms with Crippen molar-refractivity contribution in [3.05, 3.63) is 84.1 Å². The van der Waals surface area contributed by atoms with Crippen molar-refractivity contribution in [2.75, 3.05) is 7.05 Å². The van der Waals surface area contributed by atoms with Crippen molar-refractivity contribution in [2.24, 2.45) is 27.6 Å². The standard InChI is InChI=1S/C31H46N6O4S2/c1-10-11-27(35-31(33-9)29(21(4)5)37-43(40,41)26-18-14-23(7)15-19-26)24(8)34-30(32)28(20(2)3)36-42(38,39)25-16-12-22(6)13-17-25/h10-21,24,28-29,36-37H,1H2,2-9H3,(H2,32,34)(H,33,35)/b27-11-/t24-,28?,29?/m1/s1. The molecule has 0 aliphatic heterocycles. The van der Waals surface area contributed by atoms with E-state index in [0.29, 0.717) is 11.5 Å². The van der Waals surface area contributed by atoms with Gasteiger partial charge in [-0.15, -0.1) is 0 Å². The summed E-state index contributed by atoms with van der Waals surface area (Å²) in [5.74, 6) is 0.109. The highest BCUT2D eigenvalue weighted by molar-refractivity contribution is 7.89. The highest BCUT2D eigenvalue weighted by Gasteiger charge is 2.29. The lowest BCUT2D eigenvalue weighted by molar-refractivity contribution is 0.517. The van der Waals surface area contributed by atoms with Crippen LogP contribution in [0.5, 0.6) is 0 Å². The number of nitrogens with one attached hydrogen (secondary N) is 3. The molecule has 0 saturated heterocycles. The number of hydrogen-bond acceptors (Lipinski definition) is 6. The zero-order valence-electron chi connectivity index (χ0n) is 26.3. The van der Waals surface area contributed by atoms with Crippen LogP contribution in [-0.2, 0) is 20.0 Å². The maximum Gasteiger partial charge on any atom is 0.241 e. The molecule has 2 unspecified atom stereocenters. The zero-order valence-corrected chi connectivity index (χ0v) is 27.9. The van der Waals surface area contributed by atoms with Crippen molar-refractivity contribution in [1.82, 2.24) is 14.8 Å². The number of nitrogens with two attached hydrogens (primary N) is 1. The number of amidine groups is 2. The molecule has 0 amide bonds. The van der Waals surface area contributed by atoms with Gasteiger partial charge in [0.1, 0.15) is 11.7 Å². The average Bonchev–Trinajstić information content (AvgIpc) is 2.93. The minimum atomic E-state index is -3.86. The van der Waals surface area contributed by atoms with E-state index in [4.69, 9.17) is 5.73 Å². The Morgan fingerprint density at radius 2 is 1.21 bits per heavy atom. The number of rotatable bonds is 14. The normalized spacial score (nSPS) is 15.8. The molecule has 0 aliphatic rings. The van der Waals surface area contributed by atoms with E-state index >= 15 is 0 Å². The number of hydrogen-bond donors (Lipinski definition) is 4. The fraction of sp³-hybridized carbons (Fsp3) is 0.419. The van der Waals surface area contributed by atoms with Crippen molar-refractivity contribution < 1.29 is 16.8 Å². The number of benzene rings is 2. The molecule has 0 fully saturated rings. The first-order valence-corrected chi connectivity index (χ1v) is 17.1. The Balaban J connectivity index is 2.34.